The van der Waals surface area contributed by atoms with Gasteiger partial charge in [0.05, 0.1) is 0 Å². The van der Waals surface area contributed by atoms with E-state index in [2.05, 4.69) is 79.7 Å². The Morgan fingerprint density at radius 1 is 0.333 bits per heavy atom. The van der Waals surface area contributed by atoms with Crippen molar-refractivity contribution in [2.45, 2.75) is 55.4 Å². The van der Waals surface area contributed by atoms with Crippen molar-refractivity contribution < 1.29 is 0 Å². The van der Waals surface area contributed by atoms with Crippen molar-refractivity contribution in [3.05, 3.63) is 94.6 Å². The van der Waals surface area contributed by atoms with Gasteiger partial charge < -0.3 is 0 Å². The smallest absolute Gasteiger partial charge is 0.0191 e. The maximum Gasteiger partial charge on any atom is 0.0191 e. The Morgan fingerprint density at radius 2 is 0.542 bits per heavy atom. The van der Waals surface area contributed by atoms with E-state index in [0.29, 0.717) is 0 Å². The second-order valence-electron chi connectivity index (χ2n) is 7.33. The molecule has 2 saturated carbocycles. The molecule has 2 aliphatic rings. The molecule has 3 rings (SSSR count). The van der Waals surface area contributed by atoms with Crippen molar-refractivity contribution in [3.8, 4) is 0 Å². The monoisotopic (exact) mass is 316 g/mol. The predicted octanol–water partition coefficient (Wildman–Crippen LogP) is 6.31. The Hall–Kier alpha value is -0.780. The highest BCUT2D eigenvalue weighted by Crippen LogP contribution is 2.56. The Kier molecular flexibility index (Phi) is 4.89. The molecule has 0 atom stereocenters. The summed E-state index contributed by atoms with van der Waals surface area (Å²) in [5, 5.41) is 0. The van der Waals surface area contributed by atoms with Crippen molar-refractivity contribution in [2.24, 2.45) is 0 Å². The van der Waals surface area contributed by atoms with Crippen molar-refractivity contribution in [2.75, 3.05) is 0 Å². The van der Waals surface area contributed by atoms with E-state index in [1.165, 1.54) is 70.3 Å². The third kappa shape index (κ3) is 2.65. The van der Waals surface area contributed by atoms with Gasteiger partial charge in [-0.3, -0.25) is 0 Å². The van der Waals surface area contributed by atoms with E-state index in [9.17, 15) is 0 Å². The van der Waals surface area contributed by atoms with Crippen LogP contribution < -0.4 is 0 Å². The Morgan fingerprint density at radius 3 is 0.750 bits per heavy atom. The largest absolute Gasteiger partial charge is 0.0581 e. The summed E-state index contributed by atoms with van der Waals surface area (Å²) in [6.07, 6.45) is 0. The van der Waals surface area contributed by atoms with Crippen LogP contribution in [0.25, 0.3) is 0 Å². The molecule has 0 unspecified atom stereocenters. The minimum absolute atomic E-state index is 1.33. The molecular formula is C24H28. The average Bonchev–Trinajstić information content (AvgIpc) is 2.88. The first kappa shape index (κ1) is 18.0. The fourth-order valence-electron chi connectivity index (χ4n) is 4.11. The Bertz CT molecular complexity index is 477. The van der Waals surface area contributed by atoms with Gasteiger partial charge in [-0.25, -0.2) is 0 Å². The molecule has 0 aromatic heterocycles. The van der Waals surface area contributed by atoms with Gasteiger partial charge >= 0.3 is 0 Å². The highest BCUT2D eigenvalue weighted by atomic mass is 14.5. The normalized spacial score (nSPS) is 26.3. The lowest BCUT2D eigenvalue weighted by Crippen LogP contribution is -2.11. The summed E-state index contributed by atoms with van der Waals surface area (Å²) in [6.45, 7) is 17.9. The van der Waals surface area contributed by atoms with Crippen molar-refractivity contribution in [1.29, 1.82) is 0 Å². The van der Waals surface area contributed by atoms with Crippen LogP contribution in [-0.4, -0.2) is 0 Å². The zero-order chi connectivity index (χ0) is 17.8. The molecule has 1 aromatic carbocycles. The topological polar surface area (TPSA) is 0 Å². The molecule has 2 aliphatic carbocycles. The second-order valence-corrected chi connectivity index (χ2v) is 7.33. The summed E-state index contributed by atoms with van der Waals surface area (Å²) in [7, 11) is 0. The highest BCUT2D eigenvalue weighted by molar-refractivity contribution is 5.69. The fourth-order valence-corrected chi connectivity index (χ4v) is 4.11. The minimum Gasteiger partial charge on any atom is -0.0581 e. The van der Waals surface area contributed by atoms with E-state index < -0.39 is 0 Å². The quantitative estimate of drug-likeness (QED) is 0.599. The van der Waals surface area contributed by atoms with Crippen LogP contribution in [0.5, 0.6) is 0 Å². The first-order chi connectivity index (χ1) is 11.3. The molecule has 124 valence electrons. The van der Waals surface area contributed by atoms with E-state index in [-0.39, 0.29) is 0 Å². The molecule has 2 fully saturated rings. The van der Waals surface area contributed by atoms with Gasteiger partial charge in [-0.2, -0.15) is 0 Å². The third-order valence-electron chi connectivity index (χ3n) is 6.34. The van der Waals surface area contributed by atoms with E-state index in [1.54, 1.807) is 0 Å². The van der Waals surface area contributed by atoms with Crippen LogP contribution in [0.3, 0.4) is 0 Å². The number of benzene rings is 1. The molecule has 0 aliphatic heterocycles. The maximum atomic E-state index is 2.29. The van der Waals surface area contributed by atoms with Crippen LogP contribution in [0, 0.1) is 59.2 Å². The highest BCUT2D eigenvalue weighted by Gasteiger charge is 2.46. The zero-order valence-electron chi connectivity index (χ0n) is 16.3. The lowest BCUT2D eigenvalue weighted by Gasteiger charge is -2.23. The van der Waals surface area contributed by atoms with Gasteiger partial charge in [0.15, 0.2) is 0 Å². The zero-order valence-corrected chi connectivity index (χ0v) is 16.3. The molecule has 0 N–H and O–H groups in total. The van der Waals surface area contributed by atoms with Crippen LogP contribution >= 0.6 is 0 Å². The van der Waals surface area contributed by atoms with Crippen molar-refractivity contribution in [3.63, 3.8) is 0 Å². The maximum absolute atomic E-state index is 2.29. The van der Waals surface area contributed by atoms with E-state index >= 15 is 0 Å². The van der Waals surface area contributed by atoms with Crippen LogP contribution in [0.2, 0.25) is 0 Å². The molecule has 0 bridgehead atoms. The molecular weight excluding hydrogens is 288 g/mol. The van der Waals surface area contributed by atoms with Crippen molar-refractivity contribution in [1.82, 2.24) is 0 Å². The summed E-state index contributed by atoms with van der Waals surface area (Å²) in [4.78, 5) is 0. The van der Waals surface area contributed by atoms with Gasteiger partial charge in [0.25, 0.3) is 0 Å². The van der Waals surface area contributed by atoms with Gasteiger partial charge in [-0.15, -0.1) is 0 Å². The molecule has 1 aromatic rings. The summed E-state index contributed by atoms with van der Waals surface area (Å²) < 4.78 is 0. The average molecular weight is 316 g/mol. The number of hydrogen-bond donors (Lipinski definition) is 0. The van der Waals surface area contributed by atoms with Gasteiger partial charge in [-0.1, -0.05) is 79.7 Å². The minimum atomic E-state index is 1.33. The molecule has 0 spiro atoms. The predicted molar refractivity (Wildman–Crippen MR) is 102 cm³/mol. The Labute approximate surface area is 150 Å². The first-order valence-electron chi connectivity index (χ1n) is 8.82. The van der Waals surface area contributed by atoms with Gasteiger partial charge in [0.2, 0.25) is 0 Å². The van der Waals surface area contributed by atoms with Crippen LogP contribution in [-0.2, 0) is 0 Å². The van der Waals surface area contributed by atoms with Crippen LogP contribution in [0.4, 0.5) is 0 Å². The molecule has 0 heteroatoms. The summed E-state index contributed by atoms with van der Waals surface area (Å²) in [6, 6.07) is 9.17. The van der Waals surface area contributed by atoms with E-state index in [1.807, 2.05) is 0 Å². The molecule has 10 radical (unpaired) electrons. The van der Waals surface area contributed by atoms with Crippen LogP contribution in [0.1, 0.15) is 66.5 Å². The first-order valence-corrected chi connectivity index (χ1v) is 8.82. The molecule has 0 saturated heterocycles. The Balaban J connectivity index is 1.84. The standard InChI is InChI=1S/C24H28/c1-13-14(2)18(6)23(17(13)5)21-9-11-22(12-10-21)24-19(7)15(3)16(4)20(24)8/h9-12H,1-8H3. The van der Waals surface area contributed by atoms with Gasteiger partial charge in [-0.05, 0) is 58.5 Å². The molecule has 0 amide bonds. The van der Waals surface area contributed by atoms with Crippen molar-refractivity contribution >= 4 is 0 Å². The lowest BCUT2D eigenvalue weighted by atomic mass is 9.80. The van der Waals surface area contributed by atoms with Crippen LogP contribution in [0.15, 0.2) is 24.3 Å². The molecule has 0 heterocycles. The molecule has 0 nitrogen and oxygen atoms in total. The summed E-state index contributed by atoms with van der Waals surface area (Å²) in [5.41, 5.74) is 2.67. The fraction of sp³-hybridized carbons (Fsp3) is 0.333. The van der Waals surface area contributed by atoms with E-state index in [0.717, 1.165) is 0 Å². The number of hydrogen-bond acceptors (Lipinski definition) is 0. The molecule has 24 heavy (non-hydrogen) atoms. The van der Waals surface area contributed by atoms with Gasteiger partial charge in [0.1, 0.15) is 0 Å². The summed E-state index contributed by atoms with van der Waals surface area (Å²) in [5.74, 6) is 14.2. The SMILES string of the molecule is C[C]1[C](C)[C](C)[C](c2ccc([C]3[C](C)[C](C)[C](C)[C]3C)cc2)[C]1C. The second kappa shape index (κ2) is 6.50. The number of rotatable bonds is 2. The van der Waals surface area contributed by atoms with E-state index in [4.69, 9.17) is 0 Å². The lowest BCUT2D eigenvalue weighted by molar-refractivity contribution is 0.973. The third-order valence-corrected chi connectivity index (χ3v) is 6.34. The van der Waals surface area contributed by atoms with Gasteiger partial charge in [0, 0.05) is 11.8 Å². The summed E-state index contributed by atoms with van der Waals surface area (Å²) >= 11 is 0.